The predicted octanol–water partition coefficient (Wildman–Crippen LogP) is 1.28. The van der Waals surface area contributed by atoms with Gasteiger partial charge in [0.1, 0.15) is 0 Å². The van der Waals surface area contributed by atoms with E-state index >= 15 is 0 Å². The van der Waals surface area contributed by atoms with E-state index in [-0.39, 0.29) is 0 Å². The lowest BCUT2D eigenvalue weighted by molar-refractivity contribution is -0.134. The summed E-state index contributed by atoms with van der Waals surface area (Å²) in [5.74, 6) is -0.833. The molecule has 3 nitrogen and oxygen atoms in total. The fraction of sp³-hybridized carbons (Fsp3) is 0.300. The molecule has 1 aromatic carbocycles. The van der Waals surface area contributed by atoms with Gasteiger partial charge in [-0.05, 0) is 18.5 Å². The molecule has 0 unspecified atom stereocenters. The van der Waals surface area contributed by atoms with Gasteiger partial charge in [0, 0.05) is 6.92 Å². The number of hydrogen-bond donors (Lipinski definition) is 2. The first-order chi connectivity index (χ1) is 6.16. The average molecular weight is 181 g/mol. The van der Waals surface area contributed by atoms with Crippen molar-refractivity contribution in [3.63, 3.8) is 0 Å². The lowest BCUT2D eigenvalue weighted by Crippen LogP contribution is -2.01. The molecule has 0 aromatic heterocycles. The molecule has 1 rings (SSSR count). The highest BCUT2D eigenvalue weighted by Crippen LogP contribution is 1.96. The number of nitrogens with two attached hydrogens (primary N) is 1. The molecule has 0 spiro atoms. The minimum Gasteiger partial charge on any atom is -0.481 e. The van der Waals surface area contributed by atoms with Crippen LogP contribution in [0.2, 0.25) is 0 Å². The van der Waals surface area contributed by atoms with Gasteiger partial charge in [0.05, 0.1) is 0 Å². The molecule has 0 heterocycles. The maximum atomic E-state index is 9.00. The minimum atomic E-state index is -0.833. The highest BCUT2D eigenvalue weighted by Gasteiger charge is 1.84. The summed E-state index contributed by atoms with van der Waals surface area (Å²) in [4.78, 5) is 9.00. The van der Waals surface area contributed by atoms with Crippen molar-refractivity contribution in [3.8, 4) is 0 Å². The van der Waals surface area contributed by atoms with Crippen molar-refractivity contribution in [2.45, 2.75) is 13.3 Å². The third-order valence-corrected chi connectivity index (χ3v) is 1.28. The maximum Gasteiger partial charge on any atom is 0.300 e. The van der Waals surface area contributed by atoms with Gasteiger partial charge in [-0.15, -0.1) is 0 Å². The molecule has 3 N–H and O–H groups in total. The van der Waals surface area contributed by atoms with Crippen LogP contribution in [0.15, 0.2) is 30.3 Å². The Morgan fingerprint density at radius 2 is 1.85 bits per heavy atom. The average Bonchev–Trinajstić information content (AvgIpc) is 2.06. The first-order valence-electron chi connectivity index (χ1n) is 4.10. The van der Waals surface area contributed by atoms with Gasteiger partial charge in [0.2, 0.25) is 0 Å². The van der Waals surface area contributed by atoms with Crippen LogP contribution in [0.25, 0.3) is 0 Å². The summed E-state index contributed by atoms with van der Waals surface area (Å²) in [6.45, 7) is 1.82. The summed E-state index contributed by atoms with van der Waals surface area (Å²) in [5, 5.41) is 7.42. The molecule has 0 radical (unpaired) electrons. The second-order valence-corrected chi connectivity index (χ2v) is 2.54. The third-order valence-electron chi connectivity index (χ3n) is 1.28. The van der Waals surface area contributed by atoms with E-state index in [1.807, 2.05) is 18.2 Å². The van der Waals surface area contributed by atoms with Crippen molar-refractivity contribution in [1.82, 2.24) is 0 Å². The van der Waals surface area contributed by atoms with Gasteiger partial charge in [-0.3, -0.25) is 4.79 Å². The Labute approximate surface area is 78.2 Å². The van der Waals surface area contributed by atoms with E-state index in [9.17, 15) is 0 Å². The molecule has 13 heavy (non-hydrogen) atoms. The second-order valence-electron chi connectivity index (χ2n) is 2.54. The summed E-state index contributed by atoms with van der Waals surface area (Å²) in [6, 6.07) is 10.3. The summed E-state index contributed by atoms with van der Waals surface area (Å²) in [7, 11) is 0. The quantitative estimate of drug-likeness (QED) is 0.722. The van der Waals surface area contributed by atoms with Gasteiger partial charge in [0.25, 0.3) is 5.97 Å². The van der Waals surface area contributed by atoms with E-state index in [0.29, 0.717) is 0 Å². The van der Waals surface area contributed by atoms with Crippen LogP contribution < -0.4 is 5.73 Å². The molecular weight excluding hydrogens is 166 g/mol. The van der Waals surface area contributed by atoms with Gasteiger partial charge in [-0.2, -0.15) is 0 Å². The number of benzene rings is 1. The van der Waals surface area contributed by atoms with Crippen molar-refractivity contribution < 1.29 is 9.90 Å². The molecule has 3 heteroatoms. The van der Waals surface area contributed by atoms with Gasteiger partial charge < -0.3 is 10.8 Å². The molecule has 0 aliphatic carbocycles. The number of carboxylic acids is 1. The Balaban J connectivity index is 0.000000310. The molecule has 0 atom stereocenters. The zero-order valence-corrected chi connectivity index (χ0v) is 7.73. The first kappa shape index (κ1) is 11.6. The zero-order valence-electron chi connectivity index (χ0n) is 7.73. The van der Waals surface area contributed by atoms with Crippen molar-refractivity contribution in [3.05, 3.63) is 35.9 Å². The molecule has 0 saturated carbocycles. The standard InChI is InChI=1S/C8H11N.C2H4O2/c9-7-6-8-4-2-1-3-5-8;1-2(3)4/h1-5H,6-7,9H2;1H3,(H,3,4). The van der Waals surface area contributed by atoms with Gasteiger partial charge in [-0.1, -0.05) is 30.3 Å². The molecule has 72 valence electrons. The van der Waals surface area contributed by atoms with Gasteiger partial charge in [0.15, 0.2) is 0 Å². The maximum absolute atomic E-state index is 9.00. The van der Waals surface area contributed by atoms with E-state index in [4.69, 9.17) is 15.6 Å². The van der Waals surface area contributed by atoms with Crippen LogP contribution >= 0.6 is 0 Å². The largest absolute Gasteiger partial charge is 0.481 e. The summed E-state index contributed by atoms with van der Waals surface area (Å²) >= 11 is 0. The van der Waals surface area contributed by atoms with Crippen molar-refractivity contribution in [2.24, 2.45) is 5.73 Å². The summed E-state index contributed by atoms with van der Waals surface area (Å²) in [6.07, 6.45) is 0.987. The smallest absolute Gasteiger partial charge is 0.300 e. The minimum absolute atomic E-state index is 0.740. The Hall–Kier alpha value is -1.35. The Morgan fingerprint density at radius 1 is 1.38 bits per heavy atom. The third kappa shape index (κ3) is 8.56. The van der Waals surface area contributed by atoms with E-state index in [0.717, 1.165) is 19.9 Å². The van der Waals surface area contributed by atoms with E-state index in [1.165, 1.54) is 5.56 Å². The molecule has 0 fully saturated rings. The number of carboxylic acid groups (broad SMARTS) is 1. The van der Waals surface area contributed by atoms with Crippen LogP contribution in [0.5, 0.6) is 0 Å². The van der Waals surface area contributed by atoms with Crippen LogP contribution in [0.3, 0.4) is 0 Å². The van der Waals surface area contributed by atoms with Gasteiger partial charge >= 0.3 is 0 Å². The highest BCUT2D eigenvalue weighted by molar-refractivity contribution is 5.62. The molecular formula is C10H15NO2. The Bertz CT molecular complexity index is 230. The number of aliphatic carboxylic acids is 1. The predicted molar refractivity (Wildman–Crippen MR) is 52.5 cm³/mol. The van der Waals surface area contributed by atoms with E-state index < -0.39 is 5.97 Å². The van der Waals surface area contributed by atoms with E-state index in [1.54, 1.807) is 0 Å². The van der Waals surface area contributed by atoms with Crippen molar-refractivity contribution >= 4 is 5.97 Å². The molecule has 0 aliphatic heterocycles. The first-order valence-corrected chi connectivity index (χ1v) is 4.10. The highest BCUT2D eigenvalue weighted by atomic mass is 16.4. The zero-order chi connectivity index (χ0) is 10.1. The van der Waals surface area contributed by atoms with E-state index in [2.05, 4.69) is 12.1 Å². The number of carbonyl (C=O) groups is 1. The van der Waals surface area contributed by atoms with Crippen molar-refractivity contribution in [2.75, 3.05) is 6.54 Å². The number of rotatable bonds is 2. The SMILES string of the molecule is CC(=O)O.NCCc1ccccc1. The van der Waals surface area contributed by atoms with Gasteiger partial charge in [-0.25, -0.2) is 0 Å². The van der Waals surface area contributed by atoms with Crippen LogP contribution in [0.4, 0.5) is 0 Å². The summed E-state index contributed by atoms with van der Waals surface area (Å²) in [5.41, 5.74) is 6.68. The van der Waals surface area contributed by atoms with Crippen LogP contribution in [-0.2, 0) is 11.2 Å². The van der Waals surface area contributed by atoms with Crippen LogP contribution in [-0.4, -0.2) is 17.6 Å². The van der Waals surface area contributed by atoms with Crippen LogP contribution in [0, 0.1) is 0 Å². The van der Waals surface area contributed by atoms with Crippen molar-refractivity contribution in [1.29, 1.82) is 0 Å². The summed E-state index contributed by atoms with van der Waals surface area (Å²) < 4.78 is 0. The Kier molecular flexibility index (Phi) is 6.55. The number of hydrogen-bond acceptors (Lipinski definition) is 2. The monoisotopic (exact) mass is 181 g/mol. The second kappa shape index (κ2) is 7.31. The molecule has 0 amide bonds. The topological polar surface area (TPSA) is 63.3 Å². The van der Waals surface area contributed by atoms with Crippen LogP contribution in [0.1, 0.15) is 12.5 Å². The lowest BCUT2D eigenvalue weighted by Gasteiger charge is -1.93. The molecule has 0 saturated heterocycles. The fourth-order valence-corrected chi connectivity index (χ4v) is 0.811. The molecule has 1 aromatic rings. The molecule has 0 aliphatic rings. The molecule has 0 bridgehead atoms. The normalized spacial score (nSPS) is 8.46. The Morgan fingerprint density at radius 3 is 2.23 bits per heavy atom. The fourth-order valence-electron chi connectivity index (χ4n) is 0.811. The lowest BCUT2D eigenvalue weighted by atomic mass is 10.2.